The van der Waals surface area contributed by atoms with Crippen molar-refractivity contribution in [3.63, 3.8) is 0 Å². The number of esters is 1. The number of carbonyl (C=O) groups excluding carboxylic acids is 1. The number of thioether (sulfide) groups is 1. The number of rotatable bonds is 5. The van der Waals surface area contributed by atoms with Crippen molar-refractivity contribution in [2.75, 3.05) is 12.9 Å². The lowest BCUT2D eigenvalue weighted by atomic mass is 10.0. The zero-order valence-electron chi connectivity index (χ0n) is 9.73. The largest absolute Gasteiger partial charge is 0.481 e. The smallest absolute Gasteiger partial charge is 0.338 e. The molecule has 0 amide bonds. The molecular formula is C12H14O4S. The average Bonchev–Trinajstić information content (AvgIpc) is 2.30. The molecule has 1 rings (SSSR count). The summed E-state index contributed by atoms with van der Waals surface area (Å²) in [5.74, 6) is -0.642. The van der Waals surface area contributed by atoms with E-state index in [1.807, 2.05) is 13.0 Å². The van der Waals surface area contributed by atoms with Crippen LogP contribution in [0.5, 0.6) is 0 Å². The van der Waals surface area contributed by atoms with Crippen LogP contribution in [0.15, 0.2) is 23.1 Å². The van der Waals surface area contributed by atoms with Gasteiger partial charge in [-0.2, -0.15) is 0 Å². The van der Waals surface area contributed by atoms with E-state index < -0.39 is 11.9 Å². The average molecular weight is 254 g/mol. The summed E-state index contributed by atoms with van der Waals surface area (Å²) >= 11 is 1.51. The minimum Gasteiger partial charge on any atom is -0.481 e. The lowest BCUT2D eigenvalue weighted by molar-refractivity contribution is -0.136. The summed E-state index contributed by atoms with van der Waals surface area (Å²) in [5, 5.41) is 8.88. The molecule has 1 aromatic carbocycles. The molecule has 0 aliphatic heterocycles. The molecule has 4 nitrogen and oxygen atoms in total. The van der Waals surface area contributed by atoms with Crippen LogP contribution < -0.4 is 0 Å². The Morgan fingerprint density at radius 1 is 1.41 bits per heavy atom. The van der Waals surface area contributed by atoms with Gasteiger partial charge in [0.1, 0.15) is 0 Å². The second-order valence-corrected chi connectivity index (χ2v) is 4.58. The number of hydrogen-bond acceptors (Lipinski definition) is 4. The van der Waals surface area contributed by atoms with Gasteiger partial charge in [0.25, 0.3) is 0 Å². The van der Waals surface area contributed by atoms with Crippen LogP contribution >= 0.6 is 11.8 Å². The first-order valence-corrected chi connectivity index (χ1v) is 6.13. The van der Waals surface area contributed by atoms with Crippen LogP contribution in [0.1, 0.15) is 22.8 Å². The highest BCUT2D eigenvalue weighted by molar-refractivity contribution is 7.99. The highest BCUT2D eigenvalue weighted by Gasteiger charge is 2.17. The number of hydrogen-bond donors (Lipinski definition) is 1. The lowest BCUT2D eigenvalue weighted by Gasteiger charge is -2.10. The van der Waals surface area contributed by atoms with Gasteiger partial charge in [-0.05, 0) is 23.4 Å². The summed E-state index contributed by atoms with van der Waals surface area (Å²) in [5.41, 5.74) is 0.854. The van der Waals surface area contributed by atoms with Gasteiger partial charge in [-0.25, -0.2) is 4.79 Å². The summed E-state index contributed by atoms with van der Waals surface area (Å²) in [6, 6.07) is 5.14. The van der Waals surface area contributed by atoms with Crippen LogP contribution in [0.25, 0.3) is 0 Å². The SMILES string of the molecule is CCSc1cccc(C(=O)OC)c1CC(=O)O. The van der Waals surface area contributed by atoms with Crippen LogP contribution in [0, 0.1) is 0 Å². The number of carbonyl (C=O) groups is 2. The predicted octanol–water partition coefficient (Wildman–Crippen LogP) is 2.21. The Hall–Kier alpha value is -1.49. The molecule has 0 radical (unpaired) electrons. The van der Waals surface area contributed by atoms with E-state index in [-0.39, 0.29) is 6.42 Å². The van der Waals surface area contributed by atoms with E-state index in [0.717, 1.165) is 10.6 Å². The predicted molar refractivity (Wildman–Crippen MR) is 65.5 cm³/mol. The van der Waals surface area contributed by atoms with Crippen molar-refractivity contribution in [2.24, 2.45) is 0 Å². The number of benzene rings is 1. The molecular weight excluding hydrogens is 240 g/mol. The fourth-order valence-electron chi connectivity index (χ4n) is 1.49. The highest BCUT2D eigenvalue weighted by Crippen LogP contribution is 2.26. The van der Waals surface area contributed by atoms with Gasteiger partial charge in [-0.1, -0.05) is 13.0 Å². The molecule has 0 spiro atoms. The summed E-state index contributed by atoms with van der Waals surface area (Å²) in [6.07, 6.45) is -0.173. The summed E-state index contributed by atoms with van der Waals surface area (Å²) in [6.45, 7) is 1.97. The molecule has 0 aliphatic carbocycles. The fraction of sp³-hybridized carbons (Fsp3) is 0.333. The molecule has 5 heteroatoms. The lowest BCUT2D eigenvalue weighted by Crippen LogP contribution is -2.11. The number of carboxylic acid groups (broad SMARTS) is 1. The fourth-order valence-corrected chi connectivity index (χ4v) is 2.33. The Morgan fingerprint density at radius 3 is 2.65 bits per heavy atom. The van der Waals surface area contributed by atoms with E-state index in [1.54, 1.807) is 12.1 Å². The Kier molecular flexibility index (Phi) is 5.03. The quantitative estimate of drug-likeness (QED) is 0.644. The minimum atomic E-state index is -0.959. The molecule has 0 atom stereocenters. The Bertz CT molecular complexity index is 429. The molecule has 17 heavy (non-hydrogen) atoms. The number of carboxylic acids is 1. The van der Waals surface area contributed by atoms with Crippen molar-refractivity contribution in [1.82, 2.24) is 0 Å². The first-order chi connectivity index (χ1) is 8.10. The Labute approximate surface area is 104 Å². The molecule has 1 aromatic rings. The van der Waals surface area contributed by atoms with Crippen LogP contribution in [0.3, 0.4) is 0 Å². The molecule has 0 bridgehead atoms. The van der Waals surface area contributed by atoms with Gasteiger partial charge in [0, 0.05) is 4.90 Å². The third-order valence-corrected chi connectivity index (χ3v) is 3.15. The van der Waals surface area contributed by atoms with Crippen molar-refractivity contribution in [2.45, 2.75) is 18.2 Å². The zero-order valence-corrected chi connectivity index (χ0v) is 10.5. The summed E-state index contributed by atoms with van der Waals surface area (Å²) in [7, 11) is 1.28. The molecule has 0 saturated heterocycles. The van der Waals surface area contributed by atoms with Gasteiger partial charge in [0.05, 0.1) is 19.1 Å². The van der Waals surface area contributed by atoms with E-state index in [2.05, 4.69) is 4.74 Å². The first kappa shape index (κ1) is 13.6. The topological polar surface area (TPSA) is 63.6 Å². The monoisotopic (exact) mass is 254 g/mol. The minimum absolute atomic E-state index is 0.173. The Morgan fingerprint density at radius 2 is 2.12 bits per heavy atom. The normalized spacial score (nSPS) is 10.0. The van der Waals surface area contributed by atoms with Gasteiger partial charge in [-0.3, -0.25) is 4.79 Å². The van der Waals surface area contributed by atoms with Crippen molar-refractivity contribution < 1.29 is 19.4 Å². The van der Waals surface area contributed by atoms with Crippen LogP contribution in [0.4, 0.5) is 0 Å². The van der Waals surface area contributed by atoms with Crippen LogP contribution in [-0.4, -0.2) is 29.9 Å². The zero-order chi connectivity index (χ0) is 12.8. The maximum Gasteiger partial charge on any atom is 0.338 e. The van der Waals surface area contributed by atoms with E-state index in [0.29, 0.717) is 11.1 Å². The molecule has 1 N–H and O–H groups in total. The summed E-state index contributed by atoms with van der Waals surface area (Å²) < 4.78 is 4.65. The van der Waals surface area contributed by atoms with Crippen molar-refractivity contribution >= 4 is 23.7 Å². The van der Waals surface area contributed by atoms with E-state index in [9.17, 15) is 9.59 Å². The van der Waals surface area contributed by atoms with E-state index >= 15 is 0 Å². The second kappa shape index (κ2) is 6.30. The highest BCUT2D eigenvalue weighted by atomic mass is 32.2. The standard InChI is InChI=1S/C12H14O4S/c1-3-17-10-6-4-5-8(12(15)16-2)9(10)7-11(13)14/h4-6H,3,7H2,1-2H3,(H,13,14). The van der Waals surface area contributed by atoms with Crippen molar-refractivity contribution in [3.8, 4) is 0 Å². The van der Waals surface area contributed by atoms with Gasteiger partial charge in [0.15, 0.2) is 0 Å². The number of methoxy groups -OCH3 is 1. The van der Waals surface area contributed by atoms with Gasteiger partial charge < -0.3 is 9.84 Å². The molecule has 0 saturated carbocycles. The van der Waals surface area contributed by atoms with Gasteiger partial charge in [-0.15, -0.1) is 11.8 Å². The second-order valence-electron chi connectivity index (χ2n) is 3.28. The molecule has 0 aliphatic rings. The molecule has 92 valence electrons. The first-order valence-electron chi connectivity index (χ1n) is 5.15. The summed E-state index contributed by atoms with van der Waals surface area (Å²) in [4.78, 5) is 23.2. The van der Waals surface area contributed by atoms with Gasteiger partial charge in [0.2, 0.25) is 0 Å². The Balaban J connectivity index is 3.23. The maximum absolute atomic E-state index is 11.5. The number of ether oxygens (including phenoxy) is 1. The molecule has 0 heterocycles. The van der Waals surface area contributed by atoms with Crippen LogP contribution in [-0.2, 0) is 16.0 Å². The molecule has 0 fully saturated rings. The van der Waals surface area contributed by atoms with E-state index in [1.165, 1.54) is 18.9 Å². The molecule has 0 unspecified atom stereocenters. The van der Waals surface area contributed by atoms with Crippen LogP contribution in [0.2, 0.25) is 0 Å². The van der Waals surface area contributed by atoms with Crippen molar-refractivity contribution in [1.29, 1.82) is 0 Å². The maximum atomic E-state index is 11.5. The van der Waals surface area contributed by atoms with Crippen molar-refractivity contribution in [3.05, 3.63) is 29.3 Å². The van der Waals surface area contributed by atoms with E-state index in [4.69, 9.17) is 5.11 Å². The number of aliphatic carboxylic acids is 1. The van der Waals surface area contributed by atoms with Gasteiger partial charge >= 0.3 is 11.9 Å². The third kappa shape index (κ3) is 3.49. The third-order valence-electron chi connectivity index (χ3n) is 2.17. The molecule has 0 aromatic heterocycles.